The SMILES string of the molecule is C#CCN(c1nc(C(=O)O)cs1)C1CC1. The average Bonchev–Trinajstić information content (AvgIpc) is 2.91. The maximum Gasteiger partial charge on any atom is 0.355 e. The Hall–Kier alpha value is -1.54. The van der Waals surface area contributed by atoms with E-state index in [1.807, 2.05) is 4.90 Å². The molecule has 1 aromatic heterocycles. The van der Waals surface area contributed by atoms with Gasteiger partial charge in [-0.15, -0.1) is 17.8 Å². The maximum absolute atomic E-state index is 10.7. The van der Waals surface area contributed by atoms with Gasteiger partial charge >= 0.3 is 5.97 Å². The smallest absolute Gasteiger partial charge is 0.355 e. The molecule has 0 radical (unpaired) electrons. The van der Waals surface area contributed by atoms with Crippen LogP contribution < -0.4 is 4.90 Å². The fourth-order valence-corrected chi connectivity index (χ4v) is 2.20. The van der Waals surface area contributed by atoms with Gasteiger partial charge in [-0.1, -0.05) is 5.92 Å². The van der Waals surface area contributed by atoms with Gasteiger partial charge in [0.1, 0.15) is 0 Å². The summed E-state index contributed by atoms with van der Waals surface area (Å²) in [7, 11) is 0. The molecule has 1 saturated carbocycles. The lowest BCUT2D eigenvalue weighted by Gasteiger charge is -2.17. The standard InChI is InChI=1S/C10H10N2O2S/c1-2-5-12(7-3-4-7)10-11-8(6-15-10)9(13)14/h1,6-7H,3-5H2,(H,13,14). The van der Waals surface area contributed by atoms with Gasteiger partial charge in [-0.05, 0) is 12.8 Å². The van der Waals surface area contributed by atoms with Crippen molar-refractivity contribution in [1.29, 1.82) is 0 Å². The summed E-state index contributed by atoms with van der Waals surface area (Å²) in [6, 6.07) is 0.453. The minimum absolute atomic E-state index is 0.0951. The largest absolute Gasteiger partial charge is 0.476 e. The number of hydrogen-bond donors (Lipinski definition) is 1. The summed E-state index contributed by atoms with van der Waals surface area (Å²) in [6.45, 7) is 0.497. The van der Waals surface area contributed by atoms with Crippen LogP contribution in [0.25, 0.3) is 0 Å². The minimum Gasteiger partial charge on any atom is -0.476 e. The molecule has 0 amide bonds. The normalized spacial score (nSPS) is 14.6. The molecule has 1 heterocycles. The van der Waals surface area contributed by atoms with Gasteiger partial charge in [-0.25, -0.2) is 9.78 Å². The second-order valence-electron chi connectivity index (χ2n) is 3.38. The van der Waals surface area contributed by atoms with E-state index < -0.39 is 5.97 Å². The number of aromatic nitrogens is 1. The van der Waals surface area contributed by atoms with Crippen LogP contribution in [0, 0.1) is 12.3 Å². The summed E-state index contributed by atoms with van der Waals surface area (Å²) in [6.07, 6.45) is 7.50. The van der Waals surface area contributed by atoms with Crippen LogP contribution >= 0.6 is 11.3 Å². The third-order valence-electron chi connectivity index (χ3n) is 2.21. The molecule has 4 nitrogen and oxygen atoms in total. The molecule has 0 atom stereocenters. The van der Waals surface area contributed by atoms with Gasteiger partial charge < -0.3 is 10.0 Å². The number of carbonyl (C=O) groups is 1. The average molecular weight is 222 g/mol. The summed E-state index contributed by atoms with van der Waals surface area (Å²) in [4.78, 5) is 16.7. The molecule has 0 saturated heterocycles. The van der Waals surface area contributed by atoms with Crippen molar-refractivity contribution >= 4 is 22.4 Å². The van der Waals surface area contributed by atoms with Crippen LogP contribution in [0.4, 0.5) is 5.13 Å². The number of rotatable bonds is 4. The number of carboxylic acids is 1. The summed E-state index contributed by atoms with van der Waals surface area (Å²) < 4.78 is 0. The van der Waals surface area contributed by atoms with E-state index in [1.165, 1.54) is 11.3 Å². The molecule has 15 heavy (non-hydrogen) atoms. The molecule has 1 aliphatic carbocycles. The molecule has 0 unspecified atom stereocenters. The van der Waals surface area contributed by atoms with Crippen LogP contribution in [0.1, 0.15) is 23.3 Å². The molecular formula is C10H10N2O2S. The molecule has 5 heteroatoms. The molecule has 2 rings (SSSR count). The van der Waals surface area contributed by atoms with Crippen molar-refractivity contribution in [3.8, 4) is 12.3 Å². The summed E-state index contributed by atoms with van der Waals surface area (Å²) in [5, 5.41) is 11.0. The Balaban J connectivity index is 2.18. The first kappa shape index (κ1) is 9.99. The van der Waals surface area contributed by atoms with Crippen LogP contribution in [-0.4, -0.2) is 28.6 Å². The fourth-order valence-electron chi connectivity index (χ4n) is 1.33. The fraction of sp³-hybridized carbons (Fsp3) is 0.400. The van der Waals surface area contributed by atoms with E-state index in [0.29, 0.717) is 17.7 Å². The number of thiazole rings is 1. The van der Waals surface area contributed by atoms with Crippen LogP contribution in [-0.2, 0) is 0 Å². The zero-order valence-corrected chi connectivity index (χ0v) is 8.83. The maximum atomic E-state index is 10.7. The van der Waals surface area contributed by atoms with E-state index in [9.17, 15) is 4.79 Å². The van der Waals surface area contributed by atoms with Crippen molar-refractivity contribution in [2.45, 2.75) is 18.9 Å². The van der Waals surface area contributed by atoms with E-state index in [-0.39, 0.29) is 5.69 Å². The Morgan fingerprint density at radius 3 is 3.00 bits per heavy atom. The highest BCUT2D eigenvalue weighted by atomic mass is 32.1. The lowest BCUT2D eigenvalue weighted by molar-refractivity contribution is 0.0691. The number of terminal acetylenes is 1. The van der Waals surface area contributed by atoms with Crippen LogP contribution in [0.15, 0.2) is 5.38 Å². The number of carboxylic acid groups (broad SMARTS) is 1. The predicted molar refractivity (Wildman–Crippen MR) is 58.3 cm³/mol. The van der Waals surface area contributed by atoms with Gasteiger partial charge in [0.2, 0.25) is 0 Å². The first-order chi connectivity index (χ1) is 7.22. The molecule has 78 valence electrons. The molecule has 0 bridgehead atoms. The quantitative estimate of drug-likeness (QED) is 0.783. The Morgan fingerprint density at radius 2 is 2.53 bits per heavy atom. The van der Waals surface area contributed by atoms with E-state index in [2.05, 4.69) is 10.9 Å². The lowest BCUT2D eigenvalue weighted by atomic mass is 10.5. The summed E-state index contributed by atoms with van der Waals surface area (Å²) >= 11 is 1.33. The molecule has 1 fully saturated rings. The second kappa shape index (κ2) is 3.91. The zero-order valence-electron chi connectivity index (χ0n) is 8.01. The second-order valence-corrected chi connectivity index (χ2v) is 4.22. The first-order valence-electron chi connectivity index (χ1n) is 4.61. The Labute approximate surface area is 91.6 Å². The van der Waals surface area contributed by atoms with Crippen molar-refractivity contribution in [1.82, 2.24) is 4.98 Å². The first-order valence-corrected chi connectivity index (χ1v) is 5.49. The van der Waals surface area contributed by atoms with Crippen molar-refractivity contribution in [3.63, 3.8) is 0 Å². The highest BCUT2D eigenvalue weighted by Crippen LogP contribution is 2.33. The number of aromatic carboxylic acids is 1. The zero-order chi connectivity index (χ0) is 10.8. The van der Waals surface area contributed by atoms with E-state index in [0.717, 1.165) is 12.8 Å². The van der Waals surface area contributed by atoms with Crippen molar-refractivity contribution in [2.75, 3.05) is 11.4 Å². The van der Waals surface area contributed by atoms with Gasteiger partial charge in [0.15, 0.2) is 10.8 Å². The Morgan fingerprint density at radius 1 is 1.80 bits per heavy atom. The highest BCUT2D eigenvalue weighted by molar-refractivity contribution is 7.13. The summed E-state index contributed by atoms with van der Waals surface area (Å²) in [5.74, 6) is 1.58. The molecule has 1 N–H and O–H groups in total. The topological polar surface area (TPSA) is 53.4 Å². The van der Waals surface area contributed by atoms with E-state index in [1.54, 1.807) is 5.38 Å². The van der Waals surface area contributed by atoms with Gasteiger partial charge in [0, 0.05) is 11.4 Å². The van der Waals surface area contributed by atoms with Crippen molar-refractivity contribution in [2.24, 2.45) is 0 Å². The number of nitrogens with zero attached hydrogens (tertiary/aromatic N) is 2. The number of hydrogen-bond acceptors (Lipinski definition) is 4. The monoisotopic (exact) mass is 222 g/mol. The van der Waals surface area contributed by atoms with Gasteiger partial charge in [-0.3, -0.25) is 0 Å². The van der Waals surface area contributed by atoms with Crippen LogP contribution in [0.5, 0.6) is 0 Å². The third kappa shape index (κ3) is 2.10. The molecular weight excluding hydrogens is 212 g/mol. The van der Waals surface area contributed by atoms with Crippen LogP contribution in [0.3, 0.4) is 0 Å². The molecule has 1 aliphatic rings. The number of anilines is 1. The molecule has 0 aliphatic heterocycles. The minimum atomic E-state index is -0.992. The van der Waals surface area contributed by atoms with Gasteiger partial charge in [-0.2, -0.15) is 0 Å². The van der Waals surface area contributed by atoms with Gasteiger partial charge in [0.05, 0.1) is 6.54 Å². The molecule has 0 spiro atoms. The van der Waals surface area contributed by atoms with E-state index >= 15 is 0 Å². The van der Waals surface area contributed by atoms with Crippen molar-refractivity contribution < 1.29 is 9.90 Å². The predicted octanol–water partition coefficient (Wildman–Crippen LogP) is 1.44. The highest BCUT2D eigenvalue weighted by Gasteiger charge is 2.30. The third-order valence-corrected chi connectivity index (χ3v) is 3.08. The van der Waals surface area contributed by atoms with Gasteiger partial charge in [0.25, 0.3) is 0 Å². The summed E-state index contributed by atoms with van der Waals surface area (Å²) in [5.41, 5.74) is 0.0951. The van der Waals surface area contributed by atoms with E-state index in [4.69, 9.17) is 11.5 Å². The lowest BCUT2D eigenvalue weighted by Crippen LogP contribution is -2.25. The van der Waals surface area contributed by atoms with Crippen LogP contribution in [0.2, 0.25) is 0 Å². The van der Waals surface area contributed by atoms with Crippen molar-refractivity contribution in [3.05, 3.63) is 11.1 Å². The Bertz CT molecular complexity index is 417. The molecule has 0 aromatic carbocycles. The molecule has 1 aromatic rings. The Kier molecular flexibility index (Phi) is 2.60.